The molecule has 0 spiro atoms. The maximum Gasteiger partial charge on any atom is 0.185 e. The molecular formula is C17H20N2O2. The van der Waals surface area contributed by atoms with Crippen LogP contribution in [0.15, 0.2) is 42.7 Å². The maximum atomic E-state index is 12.0. The van der Waals surface area contributed by atoms with Crippen molar-refractivity contribution in [1.29, 1.82) is 0 Å². The van der Waals surface area contributed by atoms with Gasteiger partial charge >= 0.3 is 0 Å². The van der Waals surface area contributed by atoms with Crippen molar-refractivity contribution in [3.63, 3.8) is 0 Å². The van der Waals surface area contributed by atoms with Crippen molar-refractivity contribution in [2.45, 2.75) is 20.3 Å². The highest BCUT2D eigenvalue weighted by Crippen LogP contribution is 2.14. The molecule has 0 amide bonds. The van der Waals surface area contributed by atoms with Gasteiger partial charge < -0.3 is 9.72 Å². The number of benzene rings is 1. The van der Waals surface area contributed by atoms with E-state index in [0.29, 0.717) is 23.9 Å². The van der Waals surface area contributed by atoms with Crippen LogP contribution in [0.2, 0.25) is 0 Å². The van der Waals surface area contributed by atoms with Crippen LogP contribution in [-0.2, 0) is 0 Å². The summed E-state index contributed by atoms with van der Waals surface area (Å²) in [5, 5.41) is 0. The summed E-state index contributed by atoms with van der Waals surface area (Å²) in [6.07, 6.45) is 7.55. The molecule has 0 radical (unpaired) electrons. The molecule has 0 fully saturated rings. The van der Waals surface area contributed by atoms with Crippen LogP contribution in [0.5, 0.6) is 5.75 Å². The number of carbonyl (C=O) groups is 1. The molecule has 0 aliphatic rings. The Hall–Kier alpha value is -2.36. The zero-order chi connectivity index (χ0) is 15.1. The minimum atomic E-state index is -0.0554. The van der Waals surface area contributed by atoms with Gasteiger partial charge in [0.2, 0.25) is 0 Å². The number of H-pyrrole nitrogens is 1. The van der Waals surface area contributed by atoms with Crippen molar-refractivity contribution in [3.05, 3.63) is 54.1 Å². The summed E-state index contributed by atoms with van der Waals surface area (Å²) in [4.78, 5) is 18.9. The molecular weight excluding hydrogens is 264 g/mol. The number of ether oxygens (including phenoxy) is 1. The van der Waals surface area contributed by atoms with E-state index in [2.05, 4.69) is 23.8 Å². The number of nitrogens with one attached hydrogen (secondary N) is 1. The molecule has 0 atom stereocenters. The standard InChI is InChI=1S/C17H20N2O2/c1-13(2)9-12-21-15-5-3-14(4-6-15)16(20)7-8-17-18-10-11-19-17/h3-8,10-11,13H,9,12H2,1-2H3,(H,18,19). The average molecular weight is 284 g/mol. The highest BCUT2D eigenvalue weighted by molar-refractivity contribution is 6.06. The van der Waals surface area contributed by atoms with Crippen molar-refractivity contribution >= 4 is 11.9 Å². The molecule has 110 valence electrons. The molecule has 0 unspecified atom stereocenters. The van der Waals surface area contributed by atoms with Gasteiger partial charge in [-0.15, -0.1) is 0 Å². The predicted molar refractivity (Wildman–Crippen MR) is 83.3 cm³/mol. The Morgan fingerprint density at radius 1 is 1.33 bits per heavy atom. The van der Waals surface area contributed by atoms with Crippen molar-refractivity contribution < 1.29 is 9.53 Å². The predicted octanol–water partition coefficient (Wildman–Crippen LogP) is 3.73. The highest BCUT2D eigenvalue weighted by atomic mass is 16.5. The second kappa shape index (κ2) is 7.43. The Labute approximate surface area is 124 Å². The molecule has 2 rings (SSSR count). The molecule has 0 bridgehead atoms. The number of carbonyl (C=O) groups excluding carboxylic acids is 1. The second-order valence-electron chi connectivity index (χ2n) is 5.23. The third kappa shape index (κ3) is 4.91. The minimum Gasteiger partial charge on any atom is -0.494 e. The van der Waals surface area contributed by atoms with E-state index >= 15 is 0 Å². The Balaban J connectivity index is 1.90. The van der Waals surface area contributed by atoms with Gasteiger partial charge in [-0.1, -0.05) is 13.8 Å². The second-order valence-corrected chi connectivity index (χ2v) is 5.23. The first-order chi connectivity index (χ1) is 10.1. The van der Waals surface area contributed by atoms with Gasteiger partial charge in [0.1, 0.15) is 11.6 Å². The van der Waals surface area contributed by atoms with Crippen LogP contribution in [0.3, 0.4) is 0 Å². The Morgan fingerprint density at radius 3 is 2.71 bits per heavy atom. The summed E-state index contributed by atoms with van der Waals surface area (Å²) in [7, 11) is 0. The maximum absolute atomic E-state index is 12.0. The largest absolute Gasteiger partial charge is 0.494 e. The zero-order valence-corrected chi connectivity index (χ0v) is 12.4. The van der Waals surface area contributed by atoms with E-state index in [0.717, 1.165) is 12.2 Å². The minimum absolute atomic E-state index is 0.0554. The highest BCUT2D eigenvalue weighted by Gasteiger charge is 2.03. The van der Waals surface area contributed by atoms with Crippen molar-refractivity contribution in [3.8, 4) is 5.75 Å². The molecule has 0 aliphatic carbocycles. The fourth-order valence-corrected chi connectivity index (χ4v) is 1.75. The SMILES string of the molecule is CC(C)CCOc1ccc(C(=O)C=Cc2ncc[nH]2)cc1. The number of aromatic amines is 1. The lowest BCUT2D eigenvalue weighted by atomic mass is 10.1. The molecule has 21 heavy (non-hydrogen) atoms. The number of hydrogen-bond donors (Lipinski definition) is 1. The van der Waals surface area contributed by atoms with E-state index in [4.69, 9.17) is 4.74 Å². The number of rotatable bonds is 7. The van der Waals surface area contributed by atoms with Gasteiger partial charge in [0.05, 0.1) is 6.61 Å². The topological polar surface area (TPSA) is 55.0 Å². The molecule has 0 aliphatic heterocycles. The van der Waals surface area contributed by atoms with E-state index < -0.39 is 0 Å². The number of aromatic nitrogens is 2. The first-order valence-electron chi connectivity index (χ1n) is 7.10. The van der Waals surface area contributed by atoms with Crippen LogP contribution in [-0.4, -0.2) is 22.4 Å². The monoisotopic (exact) mass is 284 g/mol. The van der Waals surface area contributed by atoms with Gasteiger partial charge in [-0.05, 0) is 48.8 Å². The molecule has 1 aromatic carbocycles. The van der Waals surface area contributed by atoms with E-state index in [-0.39, 0.29) is 5.78 Å². The summed E-state index contributed by atoms with van der Waals surface area (Å²) >= 11 is 0. The van der Waals surface area contributed by atoms with Gasteiger partial charge in [0.25, 0.3) is 0 Å². The Kier molecular flexibility index (Phi) is 5.32. The molecule has 1 N–H and O–H groups in total. The van der Waals surface area contributed by atoms with Crippen LogP contribution in [0.1, 0.15) is 36.5 Å². The van der Waals surface area contributed by atoms with Gasteiger partial charge in [-0.25, -0.2) is 4.98 Å². The van der Waals surface area contributed by atoms with Gasteiger partial charge in [0.15, 0.2) is 5.78 Å². The third-order valence-electron chi connectivity index (χ3n) is 3.01. The van der Waals surface area contributed by atoms with Crippen LogP contribution < -0.4 is 4.74 Å². The molecule has 1 aromatic heterocycles. The van der Waals surface area contributed by atoms with E-state index in [1.165, 1.54) is 6.08 Å². The number of ketones is 1. The quantitative estimate of drug-likeness (QED) is 0.622. The number of allylic oxidation sites excluding steroid dienone is 1. The number of hydrogen-bond acceptors (Lipinski definition) is 3. The van der Waals surface area contributed by atoms with Gasteiger partial charge in [0, 0.05) is 18.0 Å². The molecule has 4 heteroatoms. The summed E-state index contributed by atoms with van der Waals surface area (Å²) < 4.78 is 5.63. The normalized spacial score (nSPS) is 11.2. The Bertz CT molecular complexity index is 584. The average Bonchev–Trinajstić information content (AvgIpc) is 2.98. The van der Waals surface area contributed by atoms with E-state index in [1.807, 2.05) is 12.1 Å². The van der Waals surface area contributed by atoms with Gasteiger partial charge in [-0.2, -0.15) is 0 Å². The zero-order valence-electron chi connectivity index (χ0n) is 12.4. The molecule has 0 saturated heterocycles. The fraction of sp³-hybridized carbons (Fsp3) is 0.294. The molecule has 2 aromatic rings. The summed E-state index contributed by atoms with van der Waals surface area (Å²) in [5.74, 6) is 2.02. The van der Waals surface area contributed by atoms with Gasteiger partial charge in [-0.3, -0.25) is 4.79 Å². The molecule has 1 heterocycles. The van der Waals surface area contributed by atoms with Crippen molar-refractivity contribution in [2.75, 3.05) is 6.61 Å². The fourth-order valence-electron chi connectivity index (χ4n) is 1.75. The smallest absolute Gasteiger partial charge is 0.185 e. The van der Waals surface area contributed by atoms with Crippen molar-refractivity contribution in [2.24, 2.45) is 5.92 Å². The first kappa shape index (κ1) is 15.0. The molecule has 4 nitrogen and oxygen atoms in total. The van der Waals surface area contributed by atoms with Crippen LogP contribution >= 0.6 is 0 Å². The lowest BCUT2D eigenvalue weighted by molar-refractivity contribution is 0.104. The first-order valence-corrected chi connectivity index (χ1v) is 7.10. The lowest BCUT2D eigenvalue weighted by Gasteiger charge is -2.08. The van der Waals surface area contributed by atoms with Crippen LogP contribution in [0, 0.1) is 5.92 Å². The number of imidazole rings is 1. The van der Waals surface area contributed by atoms with E-state index in [1.54, 1.807) is 30.6 Å². The van der Waals surface area contributed by atoms with Crippen molar-refractivity contribution in [1.82, 2.24) is 9.97 Å². The van der Waals surface area contributed by atoms with E-state index in [9.17, 15) is 4.79 Å². The van der Waals surface area contributed by atoms with Crippen LogP contribution in [0.25, 0.3) is 6.08 Å². The summed E-state index contributed by atoms with van der Waals surface area (Å²) in [5.41, 5.74) is 0.633. The van der Waals surface area contributed by atoms with Crippen LogP contribution in [0.4, 0.5) is 0 Å². The summed E-state index contributed by atoms with van der Waals surface area (Å²) in [6, 6.07) is 7.21. The Morgan fingerprint density at radius 2 is 2.10 bits per heavy atom. The molecule has 0 saturated carbocycles. The number of nitrogens with zero attached hydrogens (tertiary/aromatic N) is 1. The third-order valence-corrected chi connectivity index (χ3v) is 3.01. The lowest BCUT2D eigenvalue weighted by Crippen LogP contribution is -2.01. The summed E-state index contributed by atoms with van der Waals surface area (Å²) in [6.45, 7) is 5.02.